The zero-order valence-corrected chi connectivity index (χ0v) is 14.1. The second kappa shape index (κ2) is 7.18. The smallest absolute Gasteiger partial charge is 0.226 e. The fourth-order valence-corrected chi connectivity index (χ4v) is 2.67. The molecule has 0 bridgehead atoms. The van der Waals surface area contributed by atoms with E-state index in [0.29, 0.717) is 17.5 Å². The van der Waals surface area contributed by atoms with Crippen LogP contribution in [0.3, 0.4) is 0 Å². The van der Waals surface area contributed by atoms with Gasteiger partial charge in [-0.2, -0.15) is 0 Å². The van der Waals surface area contributed by atoms with Gasteiger partial charge in [0.15, 0.2) is 0 Å². The number of aliphatic hydroxyl groups excluding tert-OH is 1. The summed E-state index contributed by atoms with van der Waals surface area (Å²) in [5.41, 5.74) is 2.07. The van der Waals surface area contributed by atoms with Gasteiger partial charge in [-0.05, 0) is 30.7 Å². The highest BCUT2D eigenvalue weighted by Crippen LogP contribution is 2.23. The predicted octanol–water partition coefficient (Wildman–Crippen LogP) is 3.99. The van der Waals surface area contributed by atoms with E-state index in [1.165, 1.54) is 0 Å². The van der Waals surface area contributed by atoms with Crippen LogP contribution in [0.5, 0.6) is 0 Å². The Balaban J connectivity index is 1.73. The SMILES string of the molecule is C[C@](CO)(NCc1coc(-c2cccc(Cl)c2)n1)c1ccccc1. The quantitative estimate of drug-likeness (QED) is 0.711. The Hall–Kier alpha value is -2.14. The van der Waals surface area contributed by atoms with Crippen LogP contribution >= 0.6 is 11.6 Å². The lowest BCUT2D eigenvalue weighted by molar-refractivity contribution is 0.173. The standard InChI is InChI=1S/C19H19ClN2O2/c1-19(13-23,15-7-3-2-4-8-15)21-11-17-12-24-18(22-17)14-6-5-9-16(20)10-14/h2-10,12,21,23H,11,13H2,1H3/t19-/m1/s1. The van der Waals surface area contributed by atoms with E-state index in [1.807, 2.05) is 61.5 Å². The largest absolute Gasteiger partial charge is 0.444 e. The molecular formula is C19H19ClN2O2. The third-order valence-electron chi connectivity index (χ3n) is 4.01. The highest BCUT2D eigenvalue weighted by Gasteiger charge is 2.25. The number of nitrogens with one attached hydrogen (secondary N) is 1. The van der Waals surface area contributed by atoms with Crippen molar-refractivity contribution in [2.75, 3.05) is 6.61 Å². The Morgan fingerprint density at radius 2 is 1.96 bits per heavy atom. The van der Waals surface area contributed by atoms with Crippen molar-refractivity contribution in [2.24, 2.45) is 0 Å². The van der Waals surface area contributed by atoms with Gasteiger partial charge in [-0.3, -0.25) is 5.32 Å². The van der Waals surface area contributed by atoms with Crippen LogP contribution in [-0.2, 0) is 12.1 Å². The van der Waals surface area contributed by atoms with Crippen LogP contribution in [-0.4, -0.2) is 16.7 Å². The van der Waals surface area contributed by atoms with Gasteiger partial charge in [-0.25, -0.2) is 4.98 Å². The first-order valence-electron chi connectivity index (χ1n) is 7.72. The molecule has 2 N–H and O–H groups in total. The molecule has 124 valence electrons. The van der Waals surface area contributed by atoms with E-state index in [0.717, 1.165) is 16.8 Å². The maximum atomic E-state index is 9.81. The Bertz CT molecular complexity index is 804. The number of nitrogens with zero attached hydrogens (tertiary/aromatic N) is 1. The van der Waals surface area contributed by atoms with E-state index in [4.69, 9.17) is 16.0 Å². The van der Waals surface area contributed by atoms with Crippen molar-refractivity contribution >= 4 is 11.6 Å². The van der Waals surface area contributed by atoms with Crippen LogP contribution < -0.4 is 5.32 Å². The molecule has 0 radical (unpaired) electrons. The third kappa shape index (κ3) is 3.67. The van der Waals surface area contributed by atoms with Crippen LogP contribution in [0, 0.1) is 0 Å². The number of aromatic nitrogens is 1. The molecule has 0 unspecified atom stereocenters. The molecule has 1 aromatic heterocycles. The average Bonchev–Trinajstić information content (AvgIpc) is 3.10. The number of hydrogen-bond acceptors (Lipinski definition) is 4. The summed E-state index contributed by atoms with van der Waals surface area (Å²) in [6.07, 6.45) is 1.62. The number of oxazole rings is 1. The first-order chi connectivity index (χ1) is 11.6. The molecule has 0 aliphatic carbocycles. The first kappa shape index (κ1) is 16.7. The summed E-state index contributed by atoms with van der Waals surface area (Å²) in [6.45, 7) is 2.42. The molecule has 0 aliphatic rings. The summed E-state index contributed by atoms with van der Waals surface area (Å²) in [4.78, 5) is 4.48. The topological polar surface area (TPSA) is 58.3 Å². The summed E-state index contributed by atoms with van der Waals surface area (Å²) in [5, 5.41) is 13.8. The molecule has 5 heteroatoms. The maximum absolute atomic E-state index is 9.81. The minimum atomic E-state index is -0.545. The Kier molecular flexibility index (Phi) is 5.00. The van der Waals surface area contributed by atoms with E-state index in [2.05, 4.69) is 10.3 Å². The molecule has 4 nitrogen and oxygen atoms in total. The van der Waals surface area contributed by atoms with Gasteiger partial charge in [0.2, 0.25) is 5.89 Å². The molecule has 0 fully saturated rings. The van der Waals surface area contributed by atoms with Crippen molar-refractivity contribution in [3.8, 4) is 11.5 Å². The van der Waals surface area contributed by atoms with Gasteiger partial charge in [0.1, 0.15) is 6.26 Å². The highest BCUT2D eigenvalue weighted by molar-refractivity contribution is 6.30. The number of benzene rings is 2. The third-order valence-corrected chi connectivity index (χ3v) is 4.25. The van der Waals surface area contributed by atoms with Gasteiger partial charge in [-0.15, -0.1) is 0 Å². The van der Waals surface area contributed by atoms with Crippen molar-refractivity contribution in [2.45, 2.75) is 19.0 Å². The number of hydrogen-bond donors (Lipinski definition) is 2. The van der Waals surface area contributed by atoms with Crippen molar-refractivity contribution in [3.63, 3.8) is 0 Å². The van der Waals surface area contributed by atoms with Crippen molar-refractivity contribution in [1.82, 2.24) is 10.3 Å². The summed E-state index contributed by atoms with van der Waals surface area (Å²) in [6, 6.07) is 17.2. The summed E-state index contributed by atoms with van der Waals surface area (Å²) in [5.74, 6) is 0.528. The second-order valence-corrected chi connectivity index (χ2v) is 6.30. The van der Waals surface area contributed by atoms with Gasteiger partial charge in [0.05, 0.1) is 17.8 Å². The Labute approximate surface area is 146 Å². The van der Waals surface area contributed by atoms with Gasteiger partial charge >= 0.3 is 0 Å². The van der Waals surface area contributed by atoms with E-state index in [-0.39, 0.29) is 6.61 Å². The molecule has 0 amide bonds. The predicted molar refractivity (Wildman–Crippen MR) is 94.7 cm³/mol. The lowest BCUT2D eigenvalue weighted by Crippen LogP contribution is -2.42. The Morgan fingerprint density at radius 1 is 1.17 bits per heavy atom. The van der Waals surface area contributed by atoms with Gasteiger partial charge in [0.25, 0.3) is 0 Å². The van der Waals surface area contributed by atoms with E-state index in [9.17, 15) is 5.11 Å². The van der Waals surface area contributed by atoms with Crippen molar-refractivity contribution in [3.05, 3.63) is 77.1 Å². The minimum absolute atomic E-state index is 0.0178. The molecule has 1 heterocycles. The van der Waals surface area contributed by atoms with Crippen molar-refractivity contribution < 1.29 is 9.52 Å². The first-order valence-corrected chi connectivity index (χ1v) is 8.10. The van der Waals surface area contributed by atoms with Gasteiger partial charge in [-0.1, -0.05) is 48.0 Å². The normalized spacial score (nSPS) is 13.6. The highest BCUT2D eigenvalue weighted by atomic mass is 35.5. The van der Waals surface area contributed by atoms with Crippen LogP contribution in [0.15, 0.2) is 65.3 Å². The maximum Gasteiger partial charge on any atom is 0.226 e. The zero-order chi connectivity index (χ0) is 17.0. The van der Waals surface area contributed by atoms with Crippen LogP contribution in [0.25, 0.3) is 11.5 Å². The lowest BCUT2D eigenvalue weighted by Gasteiger charge is -2.29. The van der Waals surface area contributed by atoms with Crippen LogP contribution in [0.1, 0.15) is 18.2 Å². The van der Waals surface area contributed by atoms with Gasteiger partial charge < -0.3 is 9.52 Å². The lowest BCUT2D eigenvalue weighted by atomic mass is 9.93. The number of rotatable bonds is 6. The number of aliphatic hydroxyl groups is 1. The van der Waals surface area contributed by atoms with Crippen LogP contribution in [0.2, 0.25) is 5.02 Å². The molecule has 0 saturated heterocycles. The van der Waals surface area contributed by atoms with E-state index in [1.54, 1.807) is 6.26 Å². The molecule has 2 aromatic carbocycles. The minimum Gasteiger partial charge on any atom is -0.444 e. The Morgan fingerprint density at radius 3 is 2.67 bits per heavy atom. The summed E-state index contributed by atoms with van der Waals surface area (Å²) in [7, 11) is 0. The number of halogens is 1. The zero-order valence-electron chi connectivity index (χ0n) is 13.4. The van der Waals surface area contributed by atoms with E-state index >= 15 is 0 Å². The van der Waals surface area contributed by atoms with Gasteiger partial charge in [0, 0.05) is 17.1 Å². The molecule has 1 atom stereocenters. The monoisotopic (exact) mass is 342 g/mol. The molecule has 0 aliphatic heterocycles. The van der Waals surface area contributed by atoms with Crippen LogP contribution in [0.4, 0.5) is 0 Å². The molecule has 0 saturated carbocycles. The summed E-state index contributed by atoms with van der Waals surface area (Å²) < 4.78 is 5.54. The molecular weight excluding hydrogens is 324 g/mol. The van der Waals surface area contributed by atoms with Crippen molar-refractivity contribution in [1.29, 1.82) is 0 Å². The average molecular weight is 343 g/mol. The second-order valence-electron chi connectivity index (χ2n) is 5.86. The molecule has 3 rings (SSSR count). The van der Waals surface area contributed by atoms with E-state index < -0.39 is 5.54 Å². The molecule has 0 spiro atoms. The fraction of sp³-hybridized carbons (Fsp3) is 0.211. The fourth-order valence-electron chi connectivity index (χ4n) is 2.48. The summed E-state index contributed by atoms with van der Waals surface area (Å²) >= 11 is 6.00. The molecule has 24 heavy (non-hydrogen) atoms. The molecule has 3 aromatic rings.